The van der Waals surface area contributed by atoms with Gasteiger partial charge in [0.15, 0.2) is 0 Å². The number of benzene rings is 1. The van der Waals surface area contributed by atoms with E-state index in [2.05, 4.69) is 25.0 Å². The van der Waals surface area contributed by atoms with Crippen molar-refractivity contribution in [1.82, 2.24) is 25.0 Å². The average Bonchev–Trinajstić information content (AvgIpc) is 3.05. The molecule has 1 aliphatic heterocycles. The zero-order valence-corrected chi connectivity index (χ0v) is 15.1. The Morgan fingerprint density at radius 3 is 2.44 bits per heavy atom. The Hall–Kier alpha value is -2.64. The molecule has 0 bridgehead atoms. The van der Waals surface area contributed by atoms with E-state index < -0.39 is 0 Å². The maximum absolute atomic E-state index is 13.1. The number of pyridine rings is 1. The van der Waals surface area contributed by atoms with Gasteiger partial charge in [0.1, 0.15) is 5.82 Å². The molecule has 3 heterocycles. The van der Waals surface area contributed by atoms with Crippen molar-refractivity contribution < 1.29 is 8.81 Å². The molecular formula is C20H22FN5O. The summed E-state index contributed by atoms with van der Waals surface area (Å²) in [5.41, 5.74) is 1.97. The summed E-state index contributed by atoms with van der Waals surface area (Å²) >= 11 is 0. The van der Waals surface area contributed by atoms with Crippen molar-refractivity contribution in [3.8, 4) is 11.5 Å². The van der Waals surface area contributed by atoms with Crippen LogP contribution in [-0.2, 0) is 13.1 Å². The summed E-state index contributed by atoms with van der Waals surface area (Å²) in [5.74, 6) is 0.942. The highest BCUT2D eigenvalue weighted by atomic mass is 19.1. The number of hydrogen-bond acceptors (Lipinski definition) is 6. The third-order valence-corrected chi connectivity index (χ3v) is 4.73. The first-order valence-corrected chi connectivity index (χ1v) is 9.18. The van der Waals surface area contributed by atoms with Crippen LogP contribution in [0.4, 0.5) is 4.39 Å². The van der Waals surface area contributed by atoms with Crippen LogP contribution in [0.5, 0.6) is 0 Å². The Labute approximate surface area is 157 Å². The van der Waals surface area contributed by atoms with Crippen molar-refractivity contribution in [2.24, 2.45) is 0 Å². The first-order chi connectivity index (χ1) is 13.3. The number of rotatable bonds is 5. The lowest BCUT2D eigenvalue weighted by atomic mass is 10.2. The normalized spacial score (nSPS) is 16.3. The molecule has 0 radical (unpaired) electrons. The van der Waals surface area contributed by atoms with Crippen molar-refractivity contribution in [2.45, 2.75) is 19.5 Å². The van der Waals surface area contributed by atoms with Gasteiger partial charge in [-0.15, -0.1) is 10.2 Å². The van der Waals surface area contributed by atoms with Crippen molar-refractivity contribution in [1.29, 1.82) is 0 Å². The number of nitrogens with zero attached hydrogens (tertiary/aromatic N) is 5. The van der Waals surface area contributed by atoms with Gasteiger partial charge in [0.2, 0.25) is 11.8 Å². The molecule has 0 aliphatic carbocycles. The molecule has 1 saturated heterocycles. The molecule has 7 heteroatoms. The largest absolute Gasteiger partial charge is 0.419 e. The molecule has 2 aromatic heterocycles. The Morgan fingerprint density at radius 2 is 1.70 bits per heavy atom. The predicted octanol–water partition coefficient (Wildman–Crippen LogP) is 2.98. The monoisotopic (exact) mass is 367 g/mol. The molecule has 0 unspecified atom stereocenters. The van der Waals surface area contributed by atoms with E-state index in [0.29, 0.717) is 18.3 Å². The molecule has 140 valence electrons. The maximum Gasteiger partial charge on any atom is 0.249 e. The topological polar surface area (TPSA) is 58.3 Å². The second-order valence-electron chi connectivity index (χ2n) is 6.77. The smallest absolute Gasteiger partial charge is 0.249 e. The lowest BCUT2D eigenvalue weighted by Gasteiger charge is -2.21. The Balaban J connectivity index is 1.32. The first-order valence-electron chi connectivity index (χ1n) is 9.18. The Kier molecular flexibility index (Phi) is 5.50. The van der Waals surface area contributed by atoms with E-state index in [1.807, 2.05) is 24.3 Å². The molecule has 4 rings (SSSR count). The Morgan fingerprint density at radius 1 is 0.926 bits per heavy atom. The number of hydrogen-bond donors (Lipinski definition) is 0. The molecular weight excluding hydrogens is 345 g/mol. The summed E-state index contributed by atoms with van der Waals surface area (Å²) < 4.78 is 18.8. The van der Waals surface area contributed by atoms with Crippen LogP contribution in [-0.4, -0.2) is 51.2 Å². The fourth-order valence-electron chi connectivity index (χ4n) is 3.30. The zero-order chi connectivity index (χ0) is 18.5. The van der Waals surface area contributed by atoms with E-state index in [0.717, 1.165) is 50.3 Å². The van der Waals surface area contributed by atoms with Crippen LogP contribution in [0.3, 0.4) is 0 Å². The van der Waals surface area contributed by atoms with Crippen LogP contribution in [0.25, 0.3) is 11.5 Å². The predicted molar refractivity (Wildman–Crippen MR) is 99.1 cm³/mol. The highest BCUT2D eigenvalue weighted by molar-refractivity contribution is 5.49. The molecule has 6 nitrogen and oxygen atoms in total. The van der Waals surface area contributed by atoms with Crippen LogP contribution >= 0.6 is 0 Å². The van der Waals surface area contributed by atoms with Gasteiger partial charge in [-0.05, 0) is 49.3 Å². The van der Waals surface area contributed by atoms with Gasteiger partial charge in [-0.1, -0.05) is 12.1 Å². The van der Waals surface area contributed by atoms with Crippen LogP contribution in [0, 0.1) is 5.82 Å². The van der Waals surface area contributed by atoms with Gasteiger partial charge in [0, 0.05) is 32.0 Å². The average molecular weight is 367 g/mol. The van der Waals surface area contributed by atoms with Crippen LogP contribution < -0.4 is 0 Å². The number of aromatic nitrogens is 3. The van der Waals surface area contributed by atoms with Gasteiger partial charge in [-0.25, -0.2) is 4.39 Å². The highest BCUT2D eigenvalue weighted by Gasteiger charge is 2.18. The second-order valence-corrected chi connectivity index (χ2v) is 6.77. The van der Waals surface area contributed by atoms with Crippen molar-refractivity contribution in [3.63, 3.8) is 0 Å². The van der Waals surface area contributed by atoms with Gasteiger partial charge >= 0.3 is 0 Å². The lowest BCUT2D eigenvalue weighted by Crippen LogP contribution is -2.30. The van der Waals surface area contributed by atoms with E-state index >= 15 is 0 Å². The van der Waals surface area contributed by atoms with Crippen LogP contribution in [0.1, 0.15) is 17.9 Å². The van der Waals surface area contributed by atoms with Gasteiger partial charge in [-0.2, -0.15) is 0 Å². The summed E-state index contributed by atoms with van der Waals surface area (Å²) in [5, 5.41) is 8.31. The summed E-state index contributed by atoms with van der Waals surface area (Å²) in [6.45, 7) is 5.41. The quantitative estimate of drug-likeness (QED) is 0.691. The zero-order valence-electron chi connectivity index (χ0n) is 15.1. The molecule has 27 heavy (non-hydrogen) atoms. The van der Waals surface area contributed by atoms with Gasteiger partial charge in [0.25, 0.3) is 0 Å². The SMILES string of the molecule is Fc1ccc(CN2CCCN(Cc3nnc(-c4cccnc4)o3)CC2)cc1. The third-order valence-electron chi connectivity index (χ3n) is 4.73. The summed E-state index contributed by atoms with van der Waals surface area (Å²) in [7, 11) is 0. The minimum absolute atomic E-state index is 0.189. The van der Waals surface area contributed by atoms with Crippen LogP contribution in [0.2, 0.25) is 0 Å². The van der Waals surface area contributed by atoms with Crippen LogP contribution in [0.15, 0.2) is 53.2 Å². The molecule has 0 N–H and O–H groups in total. The molecule has 0 amide bonds. The van der Waals surface area contributed by atoms with Gasteiger partial charge < -0.3 is 4.42 Å². The van der Waals surface area contributed by atoms with E-state index in [-0.39, 0.29) is 5.82 Å². The van der Waals surface area contributed by atoms with Crippen molar-refractivity contribution >= 4 is 0 Å². The molecule has 1 fully saturated rings. The molecule has 1 aromatic carbocycles. The lowest BCUT2D eigenvalue weighted by molar-refractivity contribution is 0.232. The van der Waals surface area contributed by atoms with Crippen molar-refractivity contribution in [2.75, 3.05) is 26.2 Å². The highest BCUT2D eigenvalue weighted by Crippen LogP contribution is 2.17. The second kappa shape index (κ2) is 8.37. The fourth-order valence-corrected chi connectivity index (χ4v) is 3.30. The summed E-state index contributed by atoms with van der Waals surface area (Å²) in [6, 6.07) is 10.5. The van der Waals surface area contributed by atoms with E-state index in [4.69, 9.17) is 4.42 Å². The molecule has 0 spiro atoms. The van der Waals surface area contributed by atoms with E-state index in [1.54, 1.807) is 12.4 Å². The number of halogens is 1. The third kappa shape index (κ3) is 4.75. The maximum atomic E-state index is 13.1. The van der Waals surface area contributed by atoms with Gasteiger partial charge in [-0.3, -0.25) is 14.8 Å². The minimum Gasteiger partial charge on any atom is -0.419 e. The van der Waals surface area contributed by atoms with Gasteiger partial charge in [0.05, 0.1) is 12.1 Å². The summed E-state index contributed by atoms with van der Waals surface area (Å²) in [6.07, 6.45) is 4.51. The minimum atomic E-state index is -0.189. The first kappa shape index (κ1) is 17.8. The molecule has 0 saturated carbocycles. The fraction of sp³-hybridized carbons (Fsp3) is 0.350. The molecule has 0 atom stereocenters. The molecule has 3 aromatic rings. The standard InChI is InChI=1S/C20H22FN5O/c21-18-6-4-16(5-7-18)14-25-9-2-10-26(12-11-25)15-19-23-24-20(27-19)17-3-1-8-22-13-17/h1,3-8,13H,2,9-12,14-15H2. The molecule has 1 aliphatic rings. The van der Waals surface area contributed by atoms with E-state index in [1.165, 1.54) is 12.1 Å². The van der Waals surface area contributed by atoms with E-state index in [9.17, 15) is 4.39 Å². The van der Waals surface area contributed by atoms with Crippen molar-refractivity contribution in [3.05, 3.63) is 66.1 Å². The summed E-state index contributed by atoms with van der Waals surface area (Å²) in [4.78, 5) is 8.82. The Bertz CT molecular complexity index is 852.